The van der Waals surface area contributed by atoms with E-state index < -0.39 is 5.97 Å². The highest BCUT2D eigenvalue weighted by Gasteiger charge is 2.24. The van der Waals surface area contributed by atoms with Gasteiger partial charge in [-0.25, -0.2) is 4.79 Å². The molecule has 118 valence electrons. The number of carbonyl (C=O) groups is 1. The Balaban J connectivity index is 2.37. The monoisotopic (exact) mass is 328 g/mol. The third kappa shape index (κ3) is 2.73. The lowest BCUT2D eigenvalue weighted by Crippen LogP contribution is -2.11. The molecule has 0 radical (unpaired) electrons. The molecule has 23 heavy (non-hydrogen) atoms. The molecule has 0 atom stereocenters. The molecule has 0 fully saturated rings. The van der Waals surface area contributed by atoms with E-state index in [0.717, 1.165) is 44.3 Å². The molecule has 4 heteroatoms. The molecule has 3 nitrogen and oxygen atoms in total. The lowest BCUT2D eigenvalue weighted by atomic mass is 9.90. The third-order valence-corrected chi connectivity index (χ3v) is 4.31. The summed E-state index contributed by atoms with van der Waals surface area (Å²) in [5.41, 5.74) is 3.03. The van der Waals surface area contributed by atoms with Crippen molar-refractivity contribution >= 4 is 28.3 Å². The van der Waals surface area contributed by atoms with Gasteiger partial charge in [0.25, 0.3) is 0 Å². The number of allylic oxidation sites excluding steroid dienone is 2. The maximum atomic E-state index is 11.8. The Hall–Kier alpha value is -2.26. The fourth-order valence-electron chi connectivity index (χ4n) is 2.99. The minimum atomic E-state index is -0.482. The first kappa shape index (κ1) is 15.6. The molecule has 0 heterocycles. The highest BCUT2D eigenvalue weighted by Crippen LogP contribution is 2.44. The first-order valence-corrected chi connectivity index (χ1v) is 7.73. The zero-order valence-electron chi connectivity index (χ0n) is 13.1. The number of fused-ring (bicyclic) bond motifs is 2. The topological polar surface area (TPSA) is 35.5 Å². The van der Waals surface area contributed by atoms with Gasteiger partial charge in [-0.2, -0.15) is 0 Å². The Morgan fingerprint density at radius 1 is 1.26 bits per heavy atom. The van der Waals surface area contributed by atoms with Crippen LogP contribution in [0, 0.1) is 6.92 Å². The number of methoxy groups -OCH3 is 1. The quantitative estimate of drug-likeness (QED) is 0.474. The molecule has 2 aromatic rings. The molecule has 2 aromatic carbocycles. The van der Waals surface area contributed by atoms with Crippen molar-refractivity contribution < 1.29 is 14.3 Å². The summed E-state index contributed by atoms with van der Waals surface area (Å²) >= 11 is 6.22. The number of ether oxygens (including phenoxy) is 2. The van der Waals surface area contributed by atoms with E-state index in [1.165, 1.54) is 0 Å². The molecule has 0 amide bonds. The number of halogens is 1. The van der Waals surface area contributed by atoms with Gasteiger partial charge in [-0.15, -0.1) is 0 Å². The van der Waals surface area contributed by atoms with E-state index in [0.29, 0.717) is 18.6 Å². The van der Waals surface area contributed by atoms with Crippen LogP contribution in [0.1, 0.15) is 16.7 Å². The van der Waals surface area contributed by atoms with Crippen molar-refractivity contribution in [3.05, 3.63) is 58.7 Å². The van der Waals surface area contributed by atoms with Crippen LogP contribution in [0.5, 0.6) is 11.5 Å². The van der Waals surface area contributed by atoms with Crippen LogP contribution in [-0.4, -0.2) is 13.1 Å². The number of aryl methyl sites for hydroxylation is 1. The predicted molar refractivity (Wildman–Crippen MR) is 92.4 cm³/mol. The summed E-state index contributed by atoms with van der Waals surface area (Å²) in [6.45, 7) is 5.49. The predicted octanol–water partition coefficient (Wildman–Crippen LogP) is 4.47. The van der Waals surface area contributed by atoms with Gasteiger partial charge >= 0.3 is 5.97 Å². The number of benzene rings is 2. The Kier molecular flexibility index (Phi) is 4.14. The van der Waals surface area contributed by atoms with Crippen molar-refractivity contribution in [3.8, 4) is 11.5 Å². The maximum Gasteiger partial charge on any atom is 0.335 e. The first-order valence-electron chi connectivity index (χ1n) is 7.36. The van der Waals surface area contributed by atoms with Crippen molar-refractivity contribution in [2.24, 2.45) is 0 Å². The van der Waals surface area contributed by atoms with E-state index in [9.17, 15) is 4.79 Å². The van der Waals surface area contributed by atoms with Crippen LogP contribution >= 0.6 is 11.6 Å². The normalized spacial score (nSPS) is 13.3. The molecule has 0 saturated heterocycles. The standard InChI is InChI=1S/C19H17ClO3/c1-4-17(21)23-19-14-7-5-11(2)9-15(14)18(22-3)13-8-6-12(20)10-16(13)19/h4-7,9H,1,8,10H2,2-3H3. The van der Waals surface area contributed by atoms with E-state index in [1.807, 2.05) is 31.2 Å². The molecule has 0 bridgehead atoms. The van der Waals surface area contributed by atoms with Gasteiger partial charge < -0.3 is 9.47 Å². The summed E-state index contributed by atoms with van der Waals surface area (Å²) in [4.78, 5) is 11.8. The number of hydrogen-bond acceptors (Lipinski definition) is 3. The van der Waals surface area contributed by atoms with Crippen LogP contribution in [-0.2, 0) is 17.6 Å². The number of esters is 1. The Bertz CT molecular complexity index is 850. The van der Waals surface area contributed by atoms with Crippen LogP contribution in [0.2, 0.25) is 0 Å². The molecule has 0 saturated carbocycles. The Morgan fingerprint density at radius 2 is 2.04 bits per heavy atom. The second kappa shape index (κ2) is 6.09. The second-order valence-electron chi connectivity index (χ2n) is 5.53. The van der Waals surface area contributed by atoms with Gasteiger partial charge in [0.05, 0.1) is 7.11 Å². The molecular formula is C19H17ClO3. The third-order valence-electron chi connectivity index (χ3n) is 4.02. The Morgan fingerprint density at radius 3 is 2.74 bits per heavy atom. The minimum Gasteiger partial charge on any atom is -0.496 e. The second-order valence-corrected chi connectivity index (χ2v) is 6.01. The summed E-state index contributed by atoms with van der Waals surface area (Å²) in [5, 5.41) is 2.51. The first-order chi connectivity index (χ1) is 11.0. The van der Waals surface area contributed by atoms with Gasteiger partial charge in [-0.05, 0) is 19.4 Å². The van der Waals surface area contributed by atoms with E-state index >= 15 is 0 Å². The van der Waals surface area contributed by atoms with Gasteiger partial charge in [0.15, 0.2) is 0 Å². The van der Waals surface area contributed by atoms with Crippen LogP contribution in [0.25, 0.3) is 10.8 Å². The van der Waals surface area contributed by atoms with Crippen molar-refractivity contribution in [2.45, 2.75) is 19.8 Å². The van der Waals surface area contributed by atoms with Crippen molar-refractivity contribution in [1.82, 2.24) is 0 Å². The van der Waals surface area contributed by atoms with Crippen molar-refractivity contribution in [2.75, 3.05) is 7.11 Å². The summed E-state index contributed by atoms with van der Waals surface area (Å²) in [6.07, 6.45) is 4.31. The van der Waals surface area contributed by atoms with E-state index in [-0.39, 0.29) is 0 Å². The van der Waals surface area contributed by atoms with Crippen molar-refractivity contribution in [3.63, 3.8) is 0 Å². The number of carbonyl (C=O) groups excluding carboxylic acids is 1. The SMILES string of the molecule is C=CC(=O)Oc1c2c(c(OC)c3cc(C)ccc13)CC=C(Cl)C2. The van der Waals surface area contributed by atoms with E-state index in [1.54, 1.807) is 7.11 Å². The largest absolute Gasteiger partial charge is 0.496 e. The average molecular weight is 329 g/mol. The van der Waals surface area contributed by atoms with Crippen LogP contribution in [0.3, 0.4) is 0 Å². The van der Waals surface area contributed by atoms with Crippen LogP contribution in [0.15, 0.2) is 42.0 Å². The summed E-state index contributed by atoms with van der Waals surface area (Å²) in [6, 6.07) is 5.98. The Labute approximate surface area is 140 Å². The minimum absolute atomic E-state index is 0.482. The highest BCUT2D eigenvalue weighted by molar-refractivity contribution is 6.30. The zero-order valence-corrected chi connectivity index (χ0v) is 13.9. The lowest BCUT2D eigenvalue weighted by molar-refractivity contribution is -0.128. The smallest absolute Gasteiger partial charge is 0.335 e. The fourth-order valence-corrected chi connectivity index (χ4v) is 3.20. The highest BCUT2D eigenvalue weighted by atomic mass is 35.5. The average Bonchev–Trinajstić information content (AvgIpc) is 2.54. The molecule has 3 rings (SSSR count). The molecule has 0 unspecified atom stereocenters. The fraction of sp³-hybridized carbons (Fsp3) is 0.211. The molecule has 0 aromatic heterocycles. The summed E-state index contributed by atoms with van der Waals surface area (Å²) in [7, 11) is 1.66. The van der Waals surface area contributed by atoms with Crippen molar-refractivity contribution in [1.29, 1.82) is 0 Å². The number of hydrogen-bond donors (Lipinski definition) is 0. The van der Waals surface area contributed by atoms with Gasteiger partial charge in [0.1, 0.15) is 11.5 Å². The van der Waals surface area contributed by atoms with Gasteiger partial charge in [-0.1, -0.05) is 42.0 Å². The van der Waals surface area contributed by atoms with Gasteiger partial charge in [-0.3, -0.25) is 0 Å². The maximum absolute atomic E-state index is 11.8. The van der Waals surface area contributed by atoms with Gasteiger partial charge in [0.2, 0.25) is 0 Å². The summed E-state index contributed by atoms with van der Waals surface area (Å²) < 4.78 is 11.2. The lowest BCUT2D eigenvalue weighted by Gasteiger charge is -2.23. The van der Waals surface area contributed by atoms with Crippen LogP contribution in [0.4, 0.5) is 0 Å². The van der Waals surface area contributed by atoms with Gasteiger partial charge in [0, 0.05) is 39.4 Å². The molecule has 1 aliphatic rings. The number of rotatable bonds is 3. The van der Waals surface area contributed by atoms with Crippen LogP contribution < -0.4 is 9.47 Å². The zero-order chi connectivity index (χ0) is 16.6. The molecule has 1 aliphatic carbocycles. The summed E-state index contributed by atoms with van der Waals surface area (Å²) in [5.74, 6) is 0.884. The van der Waals surface area contributed by atoms with E-state index in [4.69, 9.17) is 21.1 Å². The molecule has 0 N–H and O–H groups in total. The molecule has 0 spiro atoms. The molecular weight excluding hydrogens is 312 g/mol. The van der Waals surface area contributed by atoms with E-state index in [2.05, 4.69) is 6.58 Å². The molecule has 0 aliphatic heterocycles.